The van der Waals surface area contributed by atoms with E-state index in [2.05, 4.69) is 20.6 Å². The summed E-state index contributed by atoms with van der Waals surface area (Å²) in [6.45, 7) is 1.96. The minimum absolute atomic E-state index is 0.143. The van der Waals surface area contributed by atoms with E-state index in [-0.39, 0.29) is 18.8 Å². The maximum atomic E-state index is 13.7. The molecule has 192 valence electrons. The molecular weight excluding hydrogens is 487 g/mol. The van der Waals surface area contributed by atoms with Gasteiger partial charge in [-0.1, -0.05) is 6.07 Å². The number of imidazole rings is 1. The van der Waals surface area contributed by atoms with E-state index in [9.17, 15) is 9.18 Å². The number of aliphatic hydroxyl groups is 1. The van der Waals surface area contributed by atoms with Crippen molar-refractivity contribution in [3.63, 3.8) is 0 Å². The predicted molar refractivity (Wildman–Crippen MR) is 142 cm³/mol. The van der Waals surface area contributed by atoms with Crippen LogP contribution in [0, 0.1) is 12.9 Å². The Bertz CT molecular complexity index is 1630. The SMILES string of the molecule is Cc1ccc(Nc2nc3cc(Oc4ccnc(C(=O)NCCO)c4)ccc3n2C)cc1-c1ccnc(F)c1. The molecule has 3 aromatic heterocycles. The topological polar surface area (TPSA) is 114 Å². The quantitative estimate of drug-likeness (QED) is 0.257. The van der Waals surface area contributed by atoms with E-state index in [0.29, 0.717) is 23.0 Å². The number of fused-ring (bicyclic) bond motifs is 1. The lowest BCUT2D eigenvalue weighted by Crippen LogP contribution is -2.27. The van der Waals surface area contributed by atoms with E-state index in [1.165, 1.54) is 24.5 Å². The summed E-state index contributed by atoms with van der Waals surface area (Å²) in [6.07, 6.45) is 2.94. The first-order valence-electron chi connectivity index (χ1n) is 11.9. The number of carbonyl (C=O) groups excluding carboxylic acids is 1. The maximum absolute atomic E-state index is 13.7. The van der Waals surface area contributed by atoms with Crippen LogP contribution >= 0.6 is 0 Å². The number of hydrogen-bond donors (Lipinski definition) is 3. The van der Waals surface area contributed by atoms with Crippen LogP contribution in [-0.4, -0.2) is 43.7 Å². The number of nitrogens with zero attached hydrogens (tertiary/aromatic N) is 4. The summed E-state index contributed by atoms with van der Waals surface area (Å²) in [7, 11) is 1.91. The largest absolute Gasteiger partial charge is 0.457 e. The van der Waals surface area contributed by atoms with Gasteiger partial charge in [0.05, 0.1) is 17.6 Å². The van der Waals surface area contributed by atoms with Gasteiger partial charge in [0.1, 0.15) is 17.2 Å². The van der Waals surface area contributed by atoms with Crippen molar-refractivity contribution in [3.8, 4) is 22.6 Å². The summed E-state index contributed by atoms with van der Waals surface area (Å²) in [4.78, 5) is 24.6. The number of anilines is 2. The Morgan fingerprint density at radius 3 is 2.66 bits per heavy atom. The Morgan fingerprint density at radius 2 is 1.84 bits per heavy atom. The fourth-order valence-corrected chi connectivity index (χ4v) is 4.06. The summed E-state index contributed by atoms with van der Waals surface area (Å²) in [5.41, 5.74) is 5.25. The van der Waals surface area contributed by atoms with E-state index in [1.807, 2.05) is 54.9 Å². The molecule has 0 aliphatic rings. The monoisotopic (exact) mass is 512 g/mol. The fraction of sp³-hybridized carbons (Fsp3) is 0.143. The van der Waals surface area contributed by atoms with Crippen molar-refractivity contribution in [2.45, 2.75) is 6.92 Å². The minimum Gasteiger partial charge on any atom is -0.457 e. The predicted octanol–water partition coefficient (Wildman–Crippen LogP) is 4.74. The van der Waals surface area contributed by atoms with E-state index < -0.39 is 11.9 Å². The number of pyridine rings is 2. The van der Waals surface area contributed by atoms with E-state index >= 15 is 0 Å². The number of carbonyl (C=O) groups is 1. The van der Waals surface area contributed by atoms with Gasteiger partial charge < -0.3 is 25.0 Å². The molecule has 5 rings (SSSR count). The third-order valence-corrected chi connectivity index (χ3v) is 5.98. The lowest BCUT2D eigenvalue weighted by atomic mass is 10.0. The van der Waals surface area contributed by atoms with Crippen LogP contribution in [0.2, 0.25) is 0 Å². The number of rotatable bonds is 8. The molecule has 0 fully saturated rings. The zero-order valence-electron chi connectivity index (χ0n) is 20.8. The van der Waals surface area contributed by atoms with E-state index in [1.54, 1.807) is 12.1 Å². The molecule has 0 bridgehead atoms. The Morgan fingerprint density at radius 1 is 1.03 bits per heavy atom. The molecule has 5 aromatic rings. The molecule has 3 N–H and O–H groups in total. The highest BCUT2D eigenvalue weighted by Gasteiger charge is 2.13. The summed E-state index contributed by atoms with van der Waals surface area (Å²) in [5, 5.41) is 14.8. The number of aliphatic hydroxyl groups excluding tert-OH is 1. The molecule has 10 heteroatoms. The number of aryl methyl sites for hydroxylation is 2. The first-order valence-corrected chi connectivity index (χ1v) is 11.9. The number of aromatic nitrogens is 4. The van der Waals surface area contributed by atoms with Crippen LogP contribution in [0.1, 0.15) is 16.1 Å². The Balaban J connectivity index is 1.38. The number of ether oxygens (including phenoxy) is 1. The summed E-state index contributed by atoms with van der Waals surface area (Å²) < 4.78 is 21.6. The van der Waals surface area contributed by atoms with Crippen LogP contribution < -0.4 is 15.4 Å². The van der Waals surface area contributed by atoms with Crippen LogP contribution in [-0.2, 0) is 7.05 Å². The van der Waals surface area contributed by atoms with Crippen molar-refractivity contribution in [3.05, 3.63) is 90.3 Å². The zero-order valence-corrected chi connectivity index (χ0v) is 20.8. The standard InChI is InChI=1S/C28H25FN6O3/c1-17-3-4-19(14-22(17)18-7-9-31-26(29)13-18)33-28-34-23-15-20(5-6-25(23)35(28)2)38-21-8-10-30-24(16-21)27(37)32-11-12-36/h3-10,13-16,36H,11-12H2,1-2H3,(H,32,37)(H,33,34). The van der Waals surface area contributed by atoms with Gasteiger partial charge in [-0.15, -0.1) is 0 Å². The fourth-order valence-electron chi connectivity index (χ4n) is 4.06. The van der Waals surface area contributed by atoms with Gasteiger partial charge in [0.25, 0.3) is 5.91 Å². The molecule has 0 aliphatic carbocycles. The second kappa shape index (κ2) is 10.7. The van der Waals surface area contributed by atoms with Gasteiger partial charge in [-0.3, -0.25) is 9.78 Å². The van der Waals surface area contributed by atoms with Crippen molar-refractivity contribution in [1.29, 1.82) is 0 Å². The first-order chi connectivity index (χ1) is 18.4. The molecule has 0 saturated carbocycles. The normalized spacial score (nSPS) is 10.9. The van der Waals surface area contributed by atoms with Gasteiger partial charge in [0.15, 0.2) is 0 Å². The lowest BCUT2D eigenvalue weighted by molar-refractivity contribution is 0.0939. The van der Waals surface area contributed by atoms with Crippen molar-refractivity contribution < 1.29 is 19.0 Å². The van der Waals surface area contributed by atoms with Crippen LogP contribution in [0.5, 0.6) is 11.5 Å². The van der Waals surface area contributed by atoms with Crippen LogP contribution in [0.3, 0.4) is 0 Å². The highest BCUT2D eigenvalue weighted by atomic mass is 19.1. The van der Waals surface area contributed by atoms with E-state index in [0.717, 1.165) is 27.9 Å². The molecule has 0 atom stereocenters. The zero-order chi connectivity index (χ0) is 26.6. The van der Waals surface area contributed by atoms with Gasteiger partial charge in [0, 0.05) is 49.9 Å². The average Bonchev–Trinajstić information content (AvgIpc) is 3.22. The summed E-state index contributed by atoms with van der Waals surface area (Å²) in [6, 6.07) is 17.8. The molecule has 0 aliphatic heterocycles. The first kappa shape index (κ1) is 24.8. The number of hydrogen-bond acceptors (Lipinski definition) is 7. The van der Waals surface area contributed by atoms with Crippen molar-refractivity contribution in [1.82, 2.24) is 24.8 Å². The number of halogens is 1. The average molecular weight is 513 g/mol. The lowest BCUT2D eigenvalue weighted by Gasteiger charge is -2.11. The second-order valence-corrected chi connectivity index (χ2v) is 8.63. The van der Waals surface area contributed by atoms with Gasteiger partial charge in [-0.05, 0) is 60.0 Å². The van der Waals surface area contributed by atoms with Crippen molar-refractivity contribution in [2.24, 2.45) is 7.05 Å². The summed E-state index contributed by atoms with van der Waals surface area (Å²) >= 11 is 0. The molecule has 0 saturated heterocycles. The number of amides is 1. The Hall–Kier alpha value is -4.83. The number of benzene rings is 2. The van der Waals surface area contributed by atoms with Gasteiger partial charge >= 0.3 is 0 Å². The van der Waals surface area contributed by atoms with Gasteiger partial charge in [-0.2, -0.15) is 4.39 Å². The third kappa shape index (κ3) is 5.30. The molecule has 9 nitrogen and oxygen atoms in total. The molecule has 0 spiro atoms. The van der Waals surface area contributed by atoms with Crippen LogP contribution in [0.15, 0.2) is 73.1 Å². The molecule has 38 heavy (non-hydrogen) atoms. The molecule has 0 radical (unpaired) electrons. The highest BCUT2D eigenvalue weighted by Crippen LogP contribution is 2.31. The molecule has 0 unspecified atom stereocenters. The second-order valence-electron chi connectivity index (χ2n) is 8.63. The van der Waals surface area contributed by atoms with Crippen molar-refractivity contribution >= 4 is 28.6 Å². The molecular formula is C28H25FN6O3. The van der Waals surface area contributed by atoms with E-state index in [4.69, 9.17) is 14.8 Å². The molecule has 1 amide bonds. The van der Waals surface area contributed by atoms with Crippen LogP contribution in [0.4, 0.5) is 16.0 Å². The van der Waals surface area contributed by atoms with Gasteiger partial charge in [0.2, 0.25) is 11.9 Å². The Kier molecular flexibility index (Phi) is 6.96. The maximum Gasteiger partial charge on any atom is 0.270 e. The molecule has 3 heterocycles. The third-order valence-electron chi connectivity index (χ3n) is 5.98. The van der Waals surface area contributed by atoms with Crippen molar-refractivity contribution in [2.75, 3.05) is 18.5 Å². The smallest absolute Gasteiger partial charge is 0.270 e. The summed E-state index contributed by atoms with van der Waals surface area (Å²) in [5.74, 6) is 0.699. The van der Waals surface area contributed by atoms with Gasteiger partial charge in [-0.25, -0.2) is 9.97 Å². The van der Waals surface area contributed by atoms with Crippen LogP contribution in [0.25, 0.3) is 22.2 Å². The highest BCUT2D eigenvalue weighted by molar-refractivity contribution is 5.92. The minimum atomic E-state index is -0.526. The molecule has 2 aromatic carbocycles. The number of nitrogens with one attached hydrogen (secondary N) is 2. The Labute approximate surface area is 218 Å².